The highest BCUT2D eigenvalue weighted by Gasteiger charge is 2.32. The van der Waals surface area contributed by atoms with Gasteiger partial charge in [-0.3, -0.25) is 4.79 Å². The van der Waals surface area contributed by atoms with Crippen LogP contribution in [-0.2, 0) is 10.0 Å². The summed E-state index contributed by atoms with van der Waals surface area (Å²) in [6.45, 7) is 3.20. The van der Waals surface area contributed by atoms with Gasteiger partial charge in [0.2, 0.25) is 11.7 Å². The zero-order chi connectivity index (χ0) is 22.3. The molecule has 2 aliphatic rings. The minimum Gasteiger partial charge on any atom is -0.339 e. The third-order valence-electron chi connectivity index (χ3n) is 6.11. The second kappa shape index (κ2) is 8.42. The van der Waals surface area contributed by atoms with Crippen LogP contribution in [0.2, 0.25) is 0 Å². The van der Waals surface area contributed by atoms with Crippen LogP contribution >= 0.6 is 11.3 Å². The first-order valence-corrected chi connectivity index (χ1v) is 13.0. The van der Waals surface area contributed by atoms with Gasteiger partial charge in [0.15, 0.2) is 0 Å². The minimum atomic E-state index is -3.64. The van der Waals surface area contributed by atoms with E-state index in [9.17, 15) is 13.2 Å². The zero-order valence-corrected chi connectivity index (χ0v) is 19.4. The lowest BCUT2D eigenvalue weighted by molar-refractivity contribution is 0.0698. The first-order chi connectivity index (χ1) is 15.4. The van der Waals surface area contributed by atoms with Gasteiger partial charge in [-0.2, -0.15) is 9.29 Å². The molecule has 0 N–H and O–H groups in total. The summed E-state index contributed by atoms with van der Waals surface area (Å²) in [6, 6.07) is 9.06. The number of amides is 1. The van der Waals surface area contributed by atoms with Crippen LogP contribution in [0.3, 0.4) is 0 Å². The first kappa shape index (κ1) is 21.3. The third kappa shape index (κ3) is 3.98. The number of nitrogens with zero attached hydrogens (tertiary/aromatic N) is 4. The Morgan fingerprint density at radius 1 is 1.16 bits per heavy atom. The SMILES string of the molecule is Cc1cccc(C(=O)N2CCN(S(=O)(=O)c3cc(-c4noc(C5CCC5)n4)cs3)CC2)c1. The molecule has 1 amide bonds. The van der Waals surface area contributed by atoms with Gasteiger partial charge in [-0.15, -0.1) is 11.3 Å². The van der Waals surface area contributed by atoms with E-state index in [1.807, 2.05) is 25.1 Å². The molecule has 1 saturated carbocycles. The molecule has 1 aromatic carbocycles. The lowest BCUT2D eigenvalue weighted by Crippen LogP contribution is -2.50. The Morgan fingerprint density at radius 3 is 2.62 bits per heavy atom. The van der Waals surface area contributed by atoms with E-state index in [0.717, 1.165) is 29.7 Å². The van der Waals surface area contributed by atoms with E-state index in [0.29, 0.717) is 41.8 Å². The van der Waals surface area contributed by atoms with Gasteiger partial charge >= 0.3 is 0 Å². The Bertz CT molecular complexity index is 1240. The summed E-state index contributed by atoms with van der Waals surface area (Å²) < 4.78 is 33.4. The minimum absolute atomic E-state index is 0.0662. The lowest BCUT2D eigenvalue weighted by atomic mass is 9.85. The molecule has 0 radical (unpaired) electrons. The quantitative estimate of drug-likeness (QED) is 0.564. The van der Waals surface area contributed by atoms with E-state index in [1.54, 1.807) is 22.4 Å². The van der Waals surface area contributed by atoms with Gasteiger partial charge in [-0.25, -0.2) is 8.42 Å². The number of aromatic nitrogens is 2. The molecule has 2 aromatic heterocycles. The molecule has 5 rings (SSSR count). The molecule has 10 heteroatoms. The Kier molecular flexibility index (Phi) is 5.60. The van der Waals surface area contributed by atoms with Crippen LogP contribution in [0.4, 0.5) is 0 Å². The number of sulfonamides is 1. The molecular formula is C22H24N4O4S2. The molecular weight excluding hydrogens is 448 g/mol. The van der Waals surface area contributed by atoms with E-state index >= 15 is 0 Å². The molecule has 8 nitrogen and oxygen atoms in total. The number of hydrogen-bond donors (Lipinski definition) is 0. The van der Waals surface area contributed by atoms with E-state index in [-0.39, 0.29) is 23.2 Å². The summed E-state index contributed by atoms with van der Waals surface area (Å²) in [5, 5.41) is 5.78. The van der Waals surface area contributed by atoms with Crippen molar-refractivity contribution in [2.75, 3.05) is 26.2 Å². The molecule has 1 aliphatic carbocycles. The molecule has 0 spiro atoms. The Morgan fingerprint density at radius 2 is 1.94 bits per heavy atom. The summed E-state index contributed by atoms with van der Waals surface area (Å²) in [7, 11) is -3.64. The van der Waals surface area contributed by atoms with Crippen molar-refractivity contribution in [1.29, 1.82) is 0 Å². The van der Waals surface area contributed by atoms with E-state index in [4.69, 9.17) is 4.52 Å². The van der Waals surface area contributed by atoms with E-state index in [1.165, 1.54) is 10.7 Å². The van der Waals surface area contributed by atoms with Gasteiger partial charge in [-0.05, 0) is 38.0 Å². The topological polar surface area (TPSA) is 96.6 Å². The first-order valence-electron chi connectivity index (χ1n) is 10.7. The second-order valence-electron chi connectivity index (χ2n) is 8.30. The van der Waals surface area contributed by atoms with Gasteiger partial charge in [0.1, 0.15) is 4.21 Å². The number of carbonyl (C=O) groups excluding carboxylic acids is 1. The number of piperazine rings is 1. The highest BCUT2D eigenvalue weighted by Crippen LogP contribution is 2.37. The normalized spacial score (nSPS) is 18.0. The number of hydrogen-bond acceptors (Lipinski definition) is 7. The van der Waals surface area contributed by atoms with Crippen molar-refractivity contribution in [1.82, 2.24) is 19.3 Å². The average molecular weight is 473 g/mol. The maximum atomic E-state index is 13.2. The second-order valence-corrected chi connectivity index (χ2v) is 11.4. The van der Waals surface area contributed by atoms with Crippen molar-refractivity contribution >= 4 is 27.3 Å². The van der Waals surface area contributed by atoms with Crippen LogP contribution in [0.25, 0.3) is 11.4 Å². The predicted molar refractivity (Wildman–Crippen MR) is 120 cm³/mol. The summed E-state index contributed by atoms with van der Waals surface area (Å²) >= 11 is 1.16. The van der Waals surface area contributed by atoms with Gasteiger partial charge in [0, 0.05) is 48.6 Å². The fourth-order valence-corrected chi connectivity index (χ4v) is 6.69. The van der Waals surface area contributed by atoms with Gasteiger partial charge in [0.25, 0.3) is 15.9 Å². The van der Waals surface area contributed by atoms with Crippen LogP contribution in [0.5, 0.6) is 0 Å². The molecule has 32 heavy (non-hydrogen) atoms. The van der Waals surface area contributed by atoms with Gasteiger partial charge < -0.3 is 9.42 Å². The molecule has 1 saturated heterocycles. The van der Waals surface area contributed by atoms with Crippen molar-refractivity contribution < 1.29 is 17.7 Å². The number of carbonyl (C=O) groups is 1. The zero-order valence-electron chi connectivity index (χ0n) is 17.7. The monoisotopic (exact) mass is 472 g/mol. The third-order valence-corrected chi connectivity index (χ3v) is 9.43. The maximum Gasteiger partial charge on any atom is 0.253 e. The van der Waals surface area contributed by atoms with Crippen molar-refractivity contribution in [3.8, 4) is 11.4 Å². The standard InChI is InChI=1S/C22H24N4O4S2/c1-15-4-2-7-17(12-15)22(27)25-8-10-26(11-9-25)32(28,29)19-13-18(14-31-19)20-23-21(30-24-20)16-5-3-6-16/h2,4,7,12-14,16H,3,5-6,8-11H2,1H3. The summed E-state index contributed by atoms with van der Waals surface area (Å²) in [4.78, 5) is 18.9. The van der Waals surface area contributed by atoms with Crippen LogP contribution in [0, 0.1) is 6.92 Å². The van der Waals surface area contributed by atoms with Gasteiger partial charge in [0.05, 0.1) is 0 Å². The van der Waals surface area contributed by atoms with Crippen LogP contribution in [0.1, 0.15) is 47.0 Å². The fourth-order valence-electron chi connectivity index (χ4n) is 3.96. The van der Waals surface area contributed by atoms with E-state index in [2.05, 4.69) is 10.1 Å². The maximum absolute atomic E-state index is 13.2. The number of thiophene rings is 1. The van der Waals surface area contributed by atoms with Crippen LogP contribution in [0.15, 0.2) is 44.4 Å². The highest BCUT2D eigenvalue weighted by atomic mass is 32.2. The van der Waals surface area contributed by atoms with Crippen molar-refractivity contribution in [3.63, 3.8) is 0 Å². The molecule has 0 unspecified atom stereocenters. The molecule has 3 aromatic rings. The lowest BCUT2D eigenvalue weighted by Gasteiger charge is -2.33. The molecule has 168 valence electrons. The molecule has 0 atom stereocenters. The van der Waals surface area contributed by atoms with Crippen LogP contribution in [-0.4, -0.2) is 59.8 Å². The van der Waals surface area contributed by atoms with Crippen molar-refractivity contribution in [2.45, 2.75) is 36.3 Å². The van der Waals surface area contributed by atoms with Crippen LogP contribution < -0.4 is 0 Å². The Balaban J connectivity index is 1.26. The molecule has 3 heterocycles. The smallest absolute Gasteiger partial charge is 0.253 e. The summed E-state index contributed by atoms with van der Waals surface area (Å²) in [5.74, 6) is 1.33. The van der Waals surface area contributed by atoms with E-state index < -0.39 is 10.0 Å². The molecule has 0 bridgehead atoms. The highest BCUT2D eigenvalue weighted by molar-refractivity contribution is 7.91. The van der Waals surface area contributed by atoms with Gasteiger partial charge in [-0.1, -0.05) is 29.3 Å². The van der Waals surface area contributed by atoms with Crippen molar-refractivity contribution in [2.24, 2.45) is 0 Å². The number of aryl methyl sites for hydroxylation is 1. The molecule has 1 aliphatic heterocycles. The Hall–Kier alpha value is -2.56. The molecule has 2 fully saturated rings. The largest absolute Gasteiger partial charge is 0.339 e. The number of benzene rings is 1. The summed E-state index contributed by atoms with van der Waals surface area (Å²) in [5.41, 5.74) is 2.30. The number of rotatable bonds is 5. The predicted octanol–water partition coefficient (Wildman–Crippen LogP) is 3.52. The average Bonchev–Trinajstić information content (AvgIpc) is 3.42. The van der Waals surface area contributed by atoms with Crippen molar-refractivity contribution in [3.05, 3.63) is 52.7 Å². The Labute approximate surface area is 190 Å². The summed E-state index contributed by atoms with van der Waals surface area (Å²) in [6.07, 6.45) is 3.29. The fraction of sp³-hybridized carbons (Fsp3) is 0.409.